The van der Waals surface area contributed by atoms with Gasteiger partial charge in [0.15, 0.2) is 0 Å². The lowest BCUT2D eigenvalue weighted by Crippen LogP contribution is -2.29. The average molecular weight is 371 g/mol. The third kappa shape index (κ3) is 3.35. The van der Waals surface area contributed by atoms with Crippen molar-refractivity contribution in [2.75, 3.05) is 0 Å². The van der Waals surface area contributed by atoms with Crippen LogP contribution in [-0.2, 0) is 6.54 Å². The Balaban J connectivity index is 1.87. The highest BCUT2D eigenvalue weighted by molar-refractivity contribution is 9.10. The summed E-state index contributed by atoms with van der Waals surface area (Å²) < 4.78 is 0.892. The lowest BCUT2D eigenvalue weighted by molar-refractivity contribution is 0.0949. The Bertz CT molecular complexity index is 947. The molecule has 5 heteroatoms. The molecule has 2 aromatic carbocycles. The minimum atomic E-state index is -0.387. The van der Waals surface area contributed by atoms with Crippen LogP contribution in [0.15, 0.2) is 57.8 Å². The summed E-state index contributed by atoms with van der Waals surface area (Å²) in [5, 5.41) is 3.61. The SMILES string of the molecule is Cc1ccccc1CNC(=O)c1cc2cc(Br)ccc2[nH]c1=O. The second-order valence-corrected chi connectivity index (χ2v) is 6.27. The summed E-state index contributed by atoms with van der Waals surface area (Å²) in [5.41, 5.74) is 2.56. The maximum absolute atomic E-state index is 12.3. The Morgan fingerprint density at radius 1 is 1.17 bits per heavy atom. The van der Waals surface area contributed by atoms with Crippen LogP contribution in [0.4, 0.5) is 0 Å². The highest BCUT2D eigenvalue weighted by Crippen LogP contribution is 2.17. The summed E-state index contributed by atoms with van der Waals surface area (Å²) in [4.78, 5) is 27.2. The highest BCUT2D eigenvalue weighted by Gasteiger charge is 2.12. The Kier molecular flexibility index (Phi) is 4.30. The van der Waals surface area contributed by atoms with Crippen molar-refractivity contribution in [2.24, 2.45) is 0 Å². The van der Waals surface area contributed by atoms with Crippen molar-refractivity contribution < 1.29 is 4.79 Å². The number of carbonyl (C=O) groups is 1. The van der Waals surface area contributed by atoms with Crippen molar-refractivity contribution in [1.29, 1.82) is 0 Å². The number of H-pyrrole nitrogens is 1. The van der Waals surface area contributed by atoms with Gasteiger partial charge in [-0.1, -0.05) is 40.2 Å². The first kappa shape index (κ1) is 15.5. The first-order chi connectivity index (χ1) is 11.0. The van der Waals surface area contributed by atoms with E-state index in [4.69, 9.17) is 0 Å². The van der Waals surface area contributed by atoms with Crippen LogP contribution in [0, 0.1) is 6.92 Å². The number of fused-ring (bicyclic) bond motifs is 1. The number of carbonyl (C=O) groups excluding carboxylic acids is 1. The zero-order chi connectivity index (χ0) is 16.4. The highest BCUT2D eigenvalue weighted by atomic mass is 79.9. The maximum Gasteiger partial charge on any atom is 0.261 e. The number of benzene rings is 2. The molecular weight excluding hydrogens is 356 g/mol. The molecule has 0 aliphatic rings. The number of aromatic nitrogens is 1. The van der Waals surface area contributed by atoms with Crippen molar-refractivity contribution in [3.05, 3.63) is 80.0 Å². The van der Waals surface area contributed by atoms with E-state index in [-0.39, 0.29) is 17.0 Å². The molecule has 0 aliphatic heterocycles. The van der Waals surface area contributed by atoms with Crippen molar-refractivity contribution in [1.82, 2.24) is 10.3 Å². The molecule has 0 saturated heterocycles. The van der Waals surface area contributed by atoms with Gasteiger partial charge < -0.3 is 10.3 Å². The topological polar surface area (TPSA) is 62.0 Å². The predicted octanol–water partition coefficient (Wildman–Crippen LogP) is 3.53. The average Bonchev–Trinajstić information content (AvgIpc) is 2.53. The van der Waals surface area contributed by atoms with Crippen molar-refractivity contribution >= 4 is 32.7 Å². The molecule has 0 aliphatic carbocycles. The second-order valence-electron chi connectivity index (χ2n) is 5.35. The van der Waals surface area contributed by atoms with Crippen molar-refractivity contribution in [3.8, 4) is 0 Å². The number of pyridine rings is 1. The molecule has 0 saturated carbocycles. The number of hydrogen-bond donors (Lipinski definition) is 2. The first-order valence-electron chi connectivity index (χ1n) is 7.20. The molecule has 0 radical (unpaired) electrons. The fourth-order valence-corrected chi connectivity index (χ4v) is 2.80. The molecule has 0 spiro atoms. The van der Waals surface area contributed by atoms with Gasteiger partial charge in [-0.3, -0.25) is 9.59 Å². The third-order valence-corrected chi connectivity index (χ3v) is 4.24. The van der Waals surface area contributed by atoms with E-state index in [1.54, 1.807) is 12.1 Å². The number of aromatic amines is 1. The number of rotatable bonds is 3. The molecule has 2 N–H and O–H groups in total. The first-order valence-corrected chi connectivity index (χ1v) is 7.99. The summed E-state index contributed by atoms with van der Waals surface area (Å²) in [6.07, 6.45) is 0. The van der Waals surface area contributed by atoms with Gasteiger partial charge in [-0.15, -0.1) is 0 Å². The smallest absolute Gasteiger partial charge is 0.261 e. The molecule has 4 nitrogen and oxygen atoms in total. The van der Waals surface area contributed by atoms with Gasteiger partial charge >= 0.3 is 0 Å². The largest absolute Gasteiger partial charge is 0.348 e. The molecule has 1 amide bonds. The number of halogens is 1. The molecule has 0 bridgehead atoms. The molecule has 3 aromatic rings. The Labute approximate surface area is 141 Å². The van der Waals surface area contributed by atoms with E-state index in [9.17, 15) is 9.59 Å². The number of hydrogen-bond acceptors (Lipinski definition) is 2. The Hall–Kier alpha value is -2.40. The summed E-state index contributed by atoms with van der Waals surface area (Å²) in [6.45, 7) is 2.38. The molecule has 116 valence electrons. The van der Waals surface area contributed by atoms with Crippen LogP contribution >= 0.6 is 15.9 Å². The van der Waals surface area contributed by atoms with E-state index >= 15 is 0 Å². The zero-order valence-corrected chi connectivity index (χ0v) is 14.1. The fraction of sp³-hybridized carbons (Fsp3) is 0.111. The summed E-state index contributed by atoms with van der Waals surface area (Å²) in [6, 6.07) is 14.9. The predicted molar refractivity (Wildman–Crippen MR) is 94.6 cm³/mol. The summed E-state index contributed by atoms with van der Waals surface area (Å²) >= 11 is 3.39. The number of nitrogens with one attached hydrogen (secondary N) is 2. The second kappa shape index (κ2) is 6.38. The van der Waals surface area contributed by atoms with Crippen LogP contribution in [0.2, 0.25) is 0 Å². The minimum absolute atomic E-state index is 0.115. The van der Waals surface area contributed by atoms with Gasteiger partial charge in [0, 0.05) is 21.9 Å². The number of aryl methyl sites for hydroxylation is 1. The molecule has 1 aromatic heterocycles. The molecule has 3 rings (SSSR count). The van der Waals surface area contributed by atoms with Crippen LogP contribution in [0.3, 0.4) is 0 Å². The van der Waals surface area contributed by atoms with E-state index in [1.165, 1.54) is 0 Å². The van der Waals surface area contributed by atoms with Crippen molar-refractivity contribution in [2.45, 2.75) is 13.5 Å². The lowest BCUT2D eigenvalue weighted by Gasteiger charge is -2.08. The maximum atomic E-state index is 12.3. The van der Waals surface area contributed by atoms with Crippen LogP contribution in [0.1, 0.15) is 21.5 Å². The fourth-order valence-electron chi connectivity index (χ4n) is 2.43. The van der Waals surface area contributed by atoms with Gasteiger partial charge in [-0.05, 0) is 42.3 Å². The summed E-state index contributed by atoms with van der Waals surface area (Å²) in [5.74, 6) is -0.378. The monoisotopic (exact) mass is 370 g/mol. The van der Waals surface area contributed by atoms with E-state index in [0.717, 1.165) is 21.0 Å². The van der Waals surface area contributed by atoms with E-state index in [2.05, 4.69) is 26.2 Å². The summed E-state index contributed by atoms with van der Waals surface area (Å²) in [7, 11) is 0. The lowest BCUT2D eigenvalue weighted by atomic mass is 10.1. The number of amides is 1. The standard InChI is InChI=1S/C18H15BrN2O2/c1-11-4-2-3-5-12(11)10-20-17(22)15-9-13-8-14(19)6-7-16(13)21-18(15)23/h2-9H,10H2,1H3,(H,20,22)(H,21,23). The molecule has 23 heavy (non-hydrogen) atoms. The molecular formula is C18H15BrN2O2. The van der Waals surface area contributed by atoms with Gasteiger partial charge in [0.05, 0.1) is 0 Å². The zero-order valence-electron chi connectivity index (χ0n) is 12.5. The molecule has 0 unspecified atom stereocenters. The normalized spacial score (nSPS) is 10.7. The van der Waals surface area contributed by atoms with E-state index < -0.39 is 0 Å². The third-order valence-electron chi connectivity index (χ3n) is 3.75. The van der Waals surface area contributed by atoms with Crippen LogP contribution in [-0.4, -0.2) is 10.9 Å². The molecule has 0 fully saturated rings. The van der Waals surface area contributed by atoms with Crippen LogP contribution in [0.5, 0.6) is 0 Å². The minimum Gasteiger partial charge on any atom is -0.348 e. The Morgan fingerprint density at radius 3 is 2.74 bits per heavy atom. The van der Waals surface area contributed by atoms with E-state index in [1.807, 2.05) is 43.3 Å². The van der Waals surface area contributed by atoms with Crippen LogP contribution < -0.4 is 10.9 Å². The quantitative estimate of drug-likeness (QED) is 0.740. The van der Waals surface area contributed by atoms with Gasteiger partial charge in [0.1, 0.15) is 5.56 Å². The van der Waals surface area contributed by atoms with Gasteiger partial charge in [-0.2, -0.15) is 0 Å². The van der Waals surface area contributed by atoms with Gasteiger partial charge in [-0.25, -0.2) is 0 Å². The van der Waals surface area contributed by atoms with Gasteiger partial charge in [0.2, 0.25) is 0 Å². The van der Waals surface area contributed by atoms with Gasteiger partial charge in [0.25, 0.3) is 11.5 Å². The van der Waals surface area contributed by atoms with Crippen molar-refractivity contribution in [3.63, 3.8) is 0 Å². The molecule has 0 atom stereocenters. The molecule has 1 heterocycles. The van der Waals surface area contributed by atoms with Crippen LogP contribution in [0.25, 0.3) is 10.9 Å². The Morgan fingerprint density at radius 2 is 1.96 bits per heavy atom. The van der Waals surface area contributed by atoms with E-state index in [0.29, 0.717) is 12.1 Å².